The van der Waals surface area contributed by atoms with E-state index in [9.17, 15) is 0 Å². The molecule has 0 aliphatic rings. The number of ether oxygens (including phenoxy) is 1. The Morgan fingerprint density at radius 3 is 2.32 bits per heavy atom. The van der Waals surface area contributed by atoms with Crippen molar-refractivity contribution in [2.45, 2.75) is 19.3 Å². The Kier molecular flexibility index (Phi) is 5.77. The maximum Gasteiger partial charge on any atom is 0.127 e. The van der Waals surface area contributed by atoms with E-state index >= 15 is 0 Å². The highest BCUT2D eigenvalue weighted by Gasteiger charge is 2.04. The number of alkyl halides is 1. The summed E-state index contributed by atoms with van der Waals surface area (Å²) < 4.78 is 5.90. The predicted molar refractivity (Wildman–Crippen MR) is 81.9 cm³/mol. The molecule has 2 aromatic carbocycles. The first-order chi connectivity index (χ1) is 9.42. The minimum Gasteiger partial charge on any atom is -0.493 e. The van der Waals surface area contributed by atoms with E-state index in [1.165, 1.54) is 5.56 Å². The predicted octanol–water partition coefficient (Wildman–Crippen LogP) is 5.14. The molecule has 2 aromatic rings. The molecule has 0 unspecified atom stereocenters. The van der Waals surface area contributed by atoms with Gasteiger partial charge in [0.2, 0.25) is 0 Å². The second kappa shape index (κ2) is 7.85. The molecule has 0 fully saturated rings. The molecule has 0 aromatic heterocycles. The summed E-state index contributed by atoms with van der Waals surface area (Å²) >= 11 is 5.66. The Hall–Kier alpha value is -1.47. The molecule has 0 saturated heterocycles. The van der Waals surface area contributed by atoms with Gasteiger partial charge in [-0.05, 0) is 30.9 Å². The Labute approximate surface area is 120 Å². The van der Waals surface area contributed by atoms with Crippen molar-refractivity contribution in [3.63, 3.8) is 0 Å². The molecule has 2 rings (SSSR count). The molecular formula is C17H19ClO. The van der Waals surface area contributed by atoms with Crippen molar-refractivity contribution in [1.82, 2.24) is 0 Å². The summed E-state index contributed by atoms with van der Waals surface area (Å²) in [7, 11) is 0. The summed E-state index contributed by atoms with van der Waals surface area (Å²) in [6.07, 6.45) is 3.23. The number of rotatable bonds is 7. The molecule has 0 spiro atoms. The van der Waals surface area contributed by atoms with Crippen molar-refractivity contribution >= 4 is 11.6 Å². The SMILES string of the molecule is ClCCCCCOc1ccccc1-c1ccccc1. The zero-order chi connectivity index (χ0) is 13.3. The molecule has 0 radical (unpaired) electrons. The highest BCUT2D eigenvalue weighted by Crippen LogP contribution is 2.29. The molecule has 1 nitrogen and oxygen atoms in total. The van der Waals surface area contributed by atoms with Crippen LogP contribution in [-0.4, -0.2) is 12.5 Å². The fourth-order valence-electron chi connectivity index (χ4n) is 2.00. The highest BCUT2D eigenvalue weighted by molar-refractivity contribution is 6.17. The van der Waals surface area contributed by atoms with Crippen LogP contribution in [0.3, 0.4) is 0 Å². The van der Waals surface area contributed by atoms with E-state index in [-0.39, 0.29) is 0 Å². The first kappa shape index (κ1) is 14.0. The van der Waals surface area contributed by atoms with Crippen LogP contribution in [0.2, 0.25) is 0 Å². The maximum absolute atomic E-state index is 5.90. The third-order valence-corrected chi connectivity index (χ3v) is 3.27. The van der Waals surface area contributed by atoms with Gasteiger partial charge in [-0.3, -0.25) is 0 Å². The van der Waals surface area contributed by atoms with E-state index in [1.807, 2.05) is 36.4 Å². The molecule has 0 bridgehead atoms. The van der Waals surface area contributed by atoms with E-state index < -0.39 is 0 Å². The molecule has 0 N–H and O–H groups in total. The van der Waals surface area contributed by atoms with E-state index in [0.29, 0.717) is 0 Å². The van der Waals surface area contributed by atoms with Gasteiger partial charge in [-0.25, -0.2) is 0 Å². The molecule has 0 heterocycles. The highest BCUT2D eigenvalue weighted by atomic mass is 35.5. The van der Waals surface area contributed by atoms with Crippen LogP contribution < -0.4 is 4.74 Å². The number of unbranched alkanes of at least 4 members (excludes halogenated alkanes) is 2. The Bertz CT molecular complexity index is 482. The number of para-hydroxylation sites is 1. The monoisotopic (exact) mass is 274 g/mol. The van der Waals surface area contributed by atoms with Gasteiger partial charge in [0.15, 0.2) is 0 Å². The van der Waals surface area contributed by atoms with Gasteiger partial charge < -0.3 is 4.74 Å². The minimum atomic E-state index is 0.737. The summed E-state index contributed by atoms with van der Waals surface area (Å²) in [5, 5.41) is 0. The Morgan fingerprint density at radius 1 is 0.789 bits per heavy atom. The van der Waals surface area contributed by atoms with E-state index in [0.717, 1.165) is 43.1 Å². The molecule has 0 atom stereocenters. The average molecular weight is 275 g/mol. The van der Waals surface area contributed by atoms with Crippen LogP contribution in [0, 0.1) is 0 Å². The van der Waals surface area contributed by atoms with Crippen LogP contribution >= 0.6 is 11.6 Å². The third-order valence-electron chi connectivity index (χ3n) is 3.01. The van der Waals surface area contributed by atoms with Crippen molar-refractivity contribution in [2.24, 2.45) is 0 Å². The van der Waals surface area contributed by atoms with Crippen molar-refractivity contribution in [1.29, 1.82) is 0 Å². The second-order valence-electron chi connectivity index (χ2n) is 4.46. The minimum absolute atomic E-state index is 0.737. The first-order valence-corrected chi connectivity index (χ1v) is 7.28. The van der Waals surface area contributed by atoms with Crippen LogP contribution in [0.15, 0.2) is 54.6 Å². The molecular weight excluding hydrogens is 256 g/mol. The van der Waals surface area contributed by atoms with Gasteiger partial charge in [0.25, 0.3) is 0 Å². The van der Waals surface area contributed by atoms with Crippen LogP contribution in [0.5, 0.6) is 5.75 Å². The summed E-state index contributed by atoms with van der Waals surface area (Å²) in [6.45, 7) is 0.751. The number of hydrogen-bond donors (Lipinski definition) is 0. The summed E-state index contributed by atoms with van der Waals surface area (Å²) in [5.74, 6) is 1.69. The fourth-order valence-corrected chi connectivity index (χ4v) is 2.19. The summed E-state index contributed by atoms with van der Waals surface area (Å²) in [4.78, 5) is 0. The van der Waals surface area contributed by atoms with Crippen LogP contribution in [0.25, 0.3) is 11.1 Å². The lowest BCUT2D eigenvalue weighted by Gasteiger charge is -2.11. The third kappa shape index (κ3) is 4.29. The molecule has 100 valence electrons. The number of hydrogen-bond acceptors (Lipinski definition) is 1. The maximum atomic E-state index is 5.90. The van der Waals surface area contributed by atoms with Crippen molar-refractivity contribution in [3.8, 4) is 16.9 Å². The smallest absolute Gasteiger partial charge is 0.127 e. The first-order valence-electron chi connectivity index (χ1n) is 6.75. The molecule has 2 heteroatoms. The summed E-state index contributed by atoms with van der Waals surface area (Å²) in [5.41, 5.74) is 2.35. The lowest BCUT2D eigenvalue weighted by Crippen LogP contribution is -1.98. The van der Waals surface area contributed by atoms with Gasteiger partial charge in [-0.1, -0.05) is 48.5 Å². The largest absolute Gasteiger partial charge is 0.493 e. The molecule has 0 aliphatic carbocycles. The number of benzene rings is 2. The van der Waals surface area contributed by atoms with Crippen LogP contribution in [0.1, 0.15) is 19.3 Å². The van der Waals surface area contributed by atoms with Gasteiger partial charge in [0, 0.05) is 11.4 Å². The fraction of sp³-hybridized carbons (Fsp3) is 0.294. The van der Waals surface area contributed by atoms with Gasteiger partial charge in [0.1, 0.15) is 5.75 Å². The normalized spacial score (nSPS) is 10.4. The van der Waals surface area contributed by atoms with Gasteiger partial charge in [-0.2, -0.15) is 0 Å². The standard InChI is InChI=1S/C17H19ClO/c18-13-7-2-8-14-19-17-12-6-5-11-16(17)15-9-3-1-4-10-15/h1,3-6,9-12H,2,7-8,13-14H2. The van der Waals surface area contributed by atoms with Crippen molar-refractivity contribution < 1.29 is 4.74 Å². The van der Waals surface area contributed by atoms with Gasteiger partial charge in [-0.15, -0.1) is 11.6 Å². The zero-order valence-corrected chi connectivity index (χ0v) is 11.8. The molecule has 0 amide bonds. The molecule has 19 heavy (non-hydrogen) atoms. The van der Waals surface area contributed by atoms with Gasteiger partial charge >= 0.3 is 0 Å². The quantitative estimate of drug-likeness (QED) is 0.502. The van der Waals surface area contributed by atoms with Crippen molar-refractivity contribution in [2.75, 3.05) is 12.5 Å². The topological polar surface area (TPSA) is 9.23 Å². The average Bonchev–Trinajstić information content (AvgIpc) is 2.48. The molecule has 0 aliphatic heterocycles. The van der Waals surface area contributed by atoms with Crippen LogP contribution in [-0.2, 0) is 0 Å². The molecule has 0 saturated carbocycles. The second-order valence-corrected chi connectivity index (χ2v) is 4.84. The van der Waals surface area contributed by atoms with Crippen LogP contribution in [0.4, 0.5) is 0 Å². The van der Waals surface area contributed by atoms with E-state index in [1.54, 1.807) is 0 Å². The lowest BCUT2D eigenvalue weighted by atomic mass is 10.1. The summed E-state index contributed by atoms with van der Waals surface area (Å²) in [6, 6.07) is 18.5. The Balaban J connectivity index is 2.01. The lowest BCUT2D eigenvalue weighted by molar-refractivity contribution is 0.307. The Morgan fingerprint density at radius 2 is 1.53 bits per heavy atom. The van der Waals surface area contributed by atoms with Gasteiger partial charge in [0.05, 0.1) is 6.61 Å². The van der Waals surface area contributed by atoms with E-state index in [2.05, 4.69) is 18.2 Å². The van der Waals surface area contributed by atoms with E-state index in [4.69, 9.17) is 16.3 Å². The number of halogens is 1. The zero-order valence-electron chi connectivity index (χ0n) is 11.0. The van der Waals surface area contributed by atoms with Crippen molar-refractivity contribution in [3.05, 3.63) is 54.6 Å².